The van der Waals surface area contributed by atoms with Crippen LogP contribution in [0.1, 0.15) is 31.2 Å². The van der Waals surface area contributed by atoms with Gasteiger partial charge in [0.15, 0.2) is 5.96 Å². The Morgan fingerprint density at radius 2 is 2.06 bits per heavy atom. The fraction of sp³-hybridized carbons (Fsp3) is 0.533. The first-order valence-corrected chi connectivity index (χ1v) is 6.84. The van der Waals surface area contributed by atoms with E-state index in [1.54, 1.807) is 0 Å². The molecule has 18 heavy (non-hydrogen) atoms. The van der Waals surface area contributed by atoms with Crippen molar-refractivity contribution < 1.29 is 0 Å². The van der Waals surface area contributed by atoms with Gasteiger partial charge in [0.2, 0.25) is 0 Å². The Balaban J connectivity index is 1.73. The Kier molecular flexibility index (Phi) is 4.62. The molecule has 0 aromatic heterocycles. The number of hydrogen-bond acceptors (Lipinski definition) is 1. The van der Waals surface area contributed by atoms with Gasteiger partial charge >= 0.3 is 0 Å². The fourth-order valence-electron chi connectivity index (χ4n) is 2.27. The minimum absolute atomic E-state index is 0.739. The van der Waals surface area contributed by atoms with Gasteiger partial charge in [-0.05, 0) is 30.2 Å². The van der Waals surface area contributed by atoms with E-state index in [4.69, 9.17) is 0 Å². The highest BCUT2D eigenvalue weighted by atomic mass is 15.2. The molecule has 0 radical (unpaired) electrons. The second-order valence-electron chi connectivity index (χ2n) is 4.89. The van der Waals surface area contributed by atoms with Gasteiger partial charge in [0, 0.05) is 20.1 Å². The van der Waals surface area contributed by atoms with Crippen molar-refractivity contribution in [2.45, 2.75) is 25.7 Å². The van der Waals surface area contributed by atoms with Crippen LogP contribution in [0.15, 0.2) is 35.3 Å². The second kappa shape index (κ2) is 6.43. The predicted octanol–water partition coefficient (Wildman–Crippen LogP) is 2.37. The largest absolute Gasteiger partial charge is 0.356 e. The van der Waals surface area contributed by atoms with Crippen molar-refractivity contribution in [3.8, 4) is 0 Å². The van der Waals surface area contributed by atoms with Crippen LogP contribution >= 0.6 is 0 Å². The Hall–Kier alpha value is -1.51. The summed E-state index contributed by atoms with van der Waals surface area (Å²) in [7, 11) is 1.83. The quantitative estimate of drug-likeness (QED) is 0.617. The van der Waals surface area contributed by atoms with E-state index >= 15 is 0 Å². The van der Waals surface area contributed by atoms with Gasteiger partial charge in [-0.2, -0.15) is 0 Å². The molecule has 1 saturated carbocycles. The van der Waals surface area contributed by atoms with E-state index in [1.165, 1.54) is 12.0 Å². The van der Waals surface area contributed by atoms with Crippen LogP contribution in [0.2, 0.25) is 0 Å². The van der Waals surface area contributed by atoms with E-state index in [2.05, 4.69) is 52.9 Å². The van der Waals surface area contributed by atoms with E-state index in [0.717, 1.165) is 37.3 Å². The van der Waals surface area contributed by atoms with Gasteiger partial charge < -0.3 is 10.6 Å². The molecule has 3 nitrogen and oxygen atoms in total. The molecule has 98 valence electrons. The summed E-state index contributed by atoms with van der Waals surface area (Å²) in [6.07, 6.45) is 2.42. The van der Waals surface area contributed by atoms with Crippen LogP contribution < -0.4 is 10.6 Å². The summed E-state index contributed by atoms with van der Waals surface area (Å²) in [5, 5.41) is 6.70. The SMILES string of the molecule is CCCNC(=NC)NCC1CC1c1ccccc1. The number of aliphatic imine (C=N–C) groups is 1. The highest BCUT2D eigenvalue weighted by Crippen LogP contribution is 2.46. The van der Waals surface area contributed by atoms with Crippen molar-refractivity contribution in [2.24, 2.45) is 10.9 Å². The van der Waals surface area contributed by atoms with Gasteiger partial charge in [-0.15, -0.1) is 0 Å². The third-order valence-corrected chi connectivity index (χ3v) is 3.45. The van der Waals surface area contributed by atoms with E-state index in [1.807, 2.05) is 7.05 Å². The smallest absolute Gasteiger partial charge is 0.190 e. The lowest BCUT2D eigenvalue weighted by Crippen LogP contribution is -2.38. The molecule has 1 aliphatic carbocycles. The molecule has 2 atom stereocenters. The molecule has 0 saturated heterocycles. The first-order valence-electron chi connectivity index (χ1n) is 6.84. The van der Waals surface area contributed by atoms with Crippen molar-refractivity contribution in [1.29, 1.82) is 0 Å². The van der Waals surface area contributed by atoms with E-state index in [0.29, 0.717) is 0 Å². The van der Waals surface area contributed by atoms with Gasteiger partial charge in [0.05, 0.1) is 0 Å². The zero-order valence-corrected chi connectivity index (χ0v) is 11.3. The summed E-state index contributed by atoms with van der Waals surface area (Å²) in [6.45, 7) is 4.15. The summed E-state index contributed by atoms with van der Waals surface area (Å²) < 4.78 is 0. The fourth-order valence-corrected chi connectivity index (χ4v) is 2.27. The first-order chi connectivity index (χ1) is 8.85. The summed E-state index contributed by atoms with van der Waals surface area (Å²) >= 11 is 0. The van der Waals surface area contributed by atoms with Crippen LogP contribution in [0, 0.1) is 5.92 Å². The molecule has 0 aliphatic heterocycles. The monoisotopic (exact) mass is 245 g/mol. The van der Waals surface area contributed by atoms with Crippen molar-refractivity contribution in [3.05, 3.63) is 35.9 Å². The maximum atomic E-state index is 4.22. The molecule has 0 spiro atoms. The molecule has 1 aromatic rings. The van der Waals surface area contributed by atoms with Crippen LogP contribution in [0.4, 0.5) is 0 Å². The van der Waals surface area contributed by atoms with Gasteiger partial charge in [-0.25, -0.2) is 0 Å². The average molecular weight is 245 g/mol. The maximum absolute atomic E-state index is 4.22. The maximum Gasteiger partial charge on any atom is 0.190 e. The zero-order chi connectivity index (χ0) is 12.8. The second-order valence-corrected chi connectivity index (χ2v) is 4.89. The van der Waals surface area contributed by atoms with Gasteiger partial charge in [-0.1, -0.05) is 37.3 Å². The molecular formula is C15H23N3. The van der Waals surface area contributed by atoms with Crippen LogP contribution in [-0.2, 0) is 0 Å². The molecule has 1 aromatic carbocycles. The zero-order valence-electron chi connectivity index (χ0n) is 11.3. The molecular weight excluding hydrogens is 222 g/mol. The third kappa shape index (κ3) is 3.49. The Bertz CT molecular complexity index is 386. The molecule has 1 aliphatic rings. The molecule has 2 unspecified atom stereocenters. The number of nitrogens with one attached hydrogen (secondary N) is 2. The summed E-state index contributed by atoms with van der Waals surface area (Å²) in [5.74, 6) is 2.42. The van der Waals surface area contributed by atoms with Crippen LogP contribution in [0.5, 0.6) is 0 Å². The Morgan fingerprint density at radius 3 is 2.72 bits per heavy atom. The first kappa shape index (κ1) is 12.9. The molecule has 0 amide bonds. The minimum atomic E-state index is 0.739. The normalized spacial score (nSPS) is 22.7. The van der Waals surface area contributed by atoms with E-state index in [-0.39, 0.29) is 0 Å². The van der Waals surface area contributed by atoms with Gasteiger partial charge in [0.1, 0.15) is 0 Å². The highest BCUT2D eigenvalue weighted by molar-refractivity contribution is 5.79. The third-order valence-electron chi connectivity index (χ3n) is 3.45. The number of guanidine groups is 1. The lowest BCUT2D eigenvalue weighted by atomic mass is 10.1. The molecule has 0 bridgehead atoms. The predicted molar refractivity (Wildman–Crippen MR) is 76.9 cm³/mol. The minimum Gasteiger partial charge on any atom is -0.356 e. The van der Waals surface area contributed by atoms with E-state index in [9.17, 15) is 0 Å². The van der Waals surface area contributed by atoms with Crippen molar-refractivity contribution >= 4 is 5.96 Å². The standard InChI is InChI=1S/C15H23N3/c1-3-9-17-15(16-2)18-11-13-10-14(13)12-7-5-4-6-8-12/h4-8,13-14H,3,9-11H2,1-2H3,(H2,16,17,18). The lowest BCUT2D eigenvalue weighted by molar-refractivity contribution is 0.714. The highest BCUT2D eigenvalue weighted by Gasteiger charge is 2.37. The Labute approximate surface area is 110 Å². The number of nitrogens with zero attached hydrogens (tertiary/aromatic N) is 1. The Morgan fingerprint density at radius 1 is 1.28 bits per heavy atom. The van der Waals surface area contributed by atoms with Crippen LogP contribution in [0.25, 0.3) is 0 Å². The number of hydrogen-bond donors (Lipinski definition) is 2. The molecule has 2 rings (SSSR count). The van der Waals surface area contributed by atoms with Gasteiger partial charge in [0.25, 0.3) is 0 Å². The summed E-state index contributed by atoms with van der Waals surface area (Å²) in [4.78, 5) is 4.22. The lowest BCUT2D eigenvalue weighted by Gasteiger charge is -2.10. The van der Waals surface area contributed by atoms with Crippen LogP contribution in [-0.4, -0.2) is 26.1 Å². The van der Waals surface area contributed by atoms with Crippen molar-refractivity contribution in [2.75, 3.05) is 20.1 Å². The molecule has 0 heterocycles. The molecule has 1 fully saturated rings. The van der Waals surface area contributed by atoms with E-state index < -0.39 is 0 Å². The molecule has 2 N–H and O–H groups in total. The van der Waals surface area contributed by atoms with Crippen molar-refractivity contribution in [1.82, 2.24) is 10.6 Å². The van der Waals surface area contributed by atoms with Gasteiger partial charge in [-0.3, -0.25) is 4.99 Å². The summed E-state index contributed by atoms with van der Waals surface area (Å²) in [5.41, 5.74) is 1.47. The molecule has 3 heteroatoms. The van der Waals surface area contributed by atoms with Crippen LogP contribution in [0.3, 0.4) is 0 Å². The number of rotatable bonds is 5. The topological polar surface area (TPSA) is 36.4 Å². The number of benzene rings is 1. The van der Waals surface area contributed by atoms with Crippen molar-refractivity contribution in [3.63, 3.8) is 0 Å². The summed E-state index contributed by atoms with van der Waals surface area (Å²) in [6, 6.07) is 10.8. The average Bonchev–Trinajstić information content (AvgIpc) is 3.20.